The highest BCUT2D eigenvalue weighted by Crippen LogP contribution is 2.54. The Bertz CT molecular complexity index is 162. The van der Waals surface area contributed by atoms with Crippen molar-refractivity contribution in [3.05, 3.63) is 0 Å². The fourth-order valence-electron chi connectivity index (χ4n) is 2.26. The van der Waals surface area contributed by atoms with E-state index in [1.165, 1.54) is 19.3 Å². The van der Waals surface area contributed by atoms with Crippen LogP contribution in [-0.4, -0.2) is 19.3 Å². The van der Waals surface area contributed by atoms with Crippen LogP contribution in [0.4, 0.5) is 0 Å². The Balaban J connectivity index is 2.25. The number of hydrogen-bond donors (Lipinski definition) is 1. The second kappa shape index (κ2) is 4.14. The molecular formula is C11H24OSi. The van der Waals surface area contributed by atoms with Gasteiger partial charge in [0.25, 0.3) is 0 Å². The minimum Gasteiger partial charge on any atom is -0.393 e. The summed E-state index contributed by atoms with van der Waals surface area (Å²) in [6.07, 6.45) is 4.75. The van der Waals surface area contributed by atoms with Gasteiger partial charge in [0, 0.05) is 8.07 Å². The zero-order valence-electron chi connectivity index (χ0n) is 9.51. The maximum absolute atomic E-state index is 9.88. The summed E-state index contributed by atoms with van der Waals surface area (Å²) in [7, 11) is -0.949. The third-order valence-electron chi connectivity index (χ3n) is 3.30. The van der Waals surface area contributed by atoms with Crippen LogP contribution in [0.1, 0.15) is 32.6 Å². The quantitative estimate of drug-likeness (QED) is 0.675. The van der Waals surface area contributed by atoms with Gasteiger partial charge in [-0.3, -0.25) is 0 Å². The van der Waals surface area contributed by atoms with Gasteiger partial charge >= 0.3 is 0 Å². The first kappa shape index (κ1) is 11.3. The van der Waals surface area contributed by atoms with Crippen LogP contribution >= 0.6 is 0 Å². The normalized spacial score (nSPS) is 30.2. The van der Waals surface area contributed by atoms with Crippen LogP contribution in [-0.2, 0) is 0 Å². The van der Waals surface area contributed by atoms with E-state index in [4.69, 9.17) is 0 Å². The van der Waals surface area contributed by atoms with Gasteiger partial charge in [0.2, 0.25) is 0 Å². The standard InChI is InChI=1S/C11H24OSi/c1-5-6-7-10(12)9-8-11(9)13(2,3)4/h9-12H,5-8H2,1-4H3/t9?,10-,11?/m0/s1. The predicted octanol–water partition coefficient (Wildman–Crippen LogP) is 3.27. The lowest BCUT2D eigenvalue weighted by molar-refractivity contribution is 0.138. The van der Waals surface area contributed by atoms with Crippen molar-refractivity contribution in [1.82, 2.24) is 0 Å². The molecule has 1 N–H and O–H groups in total. The lowest BCUT2D eigenvalue weighted by atomic mass is 10.1. The molecule has 13 heavy (non-hydrogen) atoms. The molecular weight excluding hydrogens is 176 g/mol. The van der Waals surface area contributed by atoms with E-state index in [0.717, 1.165) is 12.0 Å². The molecule has 0 amide bonds. The minimum atomic E-state index is -0.949. The average molecular weight is 200 g/mol. The van der Waals surface area contributed by atoms with Gasteiger partial charge in [0.05, 0.1) is 6.10 Å². The van der Waals surface area contributed by atoms with Gasteiger partial charge in [0.1, 0.15) is 0 Å². The van der Waals surface area contributed by atoms with E-state index in [-0.39, 0.29) is 6.10 Å². The first-order valence-electron chi connectivity index (χ1n) is 5.65. The lowest BCUT2D eigenvalue weighted by Gasteiger charge is -2.17. The monoisotopic (exact) mass is 200 g/mol. The second-order valence-electron chi connectivity index (χ2n) is 5.58. The molecule has 1 rings (SSSR count). The van der Waals surface area contributed by atoms with Crippen molar-refractivity contribution in [3.8, 4) is 0 Å². The molecule has 0 aromatic rings. The second-order valence-corrected chi connectivity index (χ2v) is 11.1. The first-order chi connectivity index (χ1) is 5.96. The smallest absolute Gasteiger partial charge is 0.0568 e. The molecule has 1 aliphatic rings. The van der Waals surface area contributed by atoms with Crippen LogP contribution in [0.3, 0.4) is 0 Å². The zero-order valence-corrected chi connectivity index (χ0v) is 10.5. The molecule has 1 nitrogen and oxygen atoms in total. The highest BCUT2D eigenvalue weighted by atomic mass is 28.3. The molecule has 0 aromatic heterocycles. The number of unbranched alkanes of at least 4 members (excludes halogenated alkanes) is 1. The topological polar surface area (TPSA) is 20.2 Å². The Hall–Kier alpha value is 0.177. The largest absolute Gasteiger partial charge is 0.393 e. The number of aliphatic hydroxyl groups is 1. The average Bonchev–Trinajstić information content (AvgIpc) is 2.77. The van der Waals surface area contributed by atoms with Gasteiger partial charge in [-0.15, -0.1) is 0 Å². The molecule has 0 heterocycles. The molecule has 1 saturated carbocycles. The van der Waals surface area contributed by atoms with E-state index in [1.807, 2.05) is 0 Å². The summed E-state index contributed by atoms with van der Waals surface area (Å²) in [5.41, 5.74) is 0.902. The van der Waals surface area contributed by atoms with Gasteiger partial charge in [-0.1, -0.05) is 39.4 Å². The minimum absolute atomic E-state index is 0.0108. The van der Waals surface area contributed by atoms with Gasteiger partial charge in [-0.25, -0.2) is 0 Å². The highest BCUT2D eigenvalue weighted by Gasteiger charge is 2.49. The van der Waals surface area contributed by atoms with Crippen molar-refractivity contribution < 1.29 is 5.11 Å². The van der Waals surface area contributed by atoms with E-state index in [1.54, 1.807) is 0 Å². The van der Waals surface area contributed by atoms with Crippen LogP contribution < -0.4 is 0 Å². The predicted molar refractivity (Wildman–Crippen MR) is 60.7 cm³/mol. The van der Waals surface area contributed by atoms with Crippen molar-refractivity contribution in [3.63, 3.8) is 0 Å². The van der Waals surface area contributed by atoms with Crippen LogP contribution in [0, 0.1) is 5.92 Å². The summed E-state index contributed by atoms with van der Waals surface area (Å²) in [5, 5.41) is 9.88. The first-order valence-corrected chi connectivity index (χ1v) is 9.22. The van der Waals surface area contributed by atoms with Crippen LogP contribution in [0.2, 0.25) is 25.2 Å². The fraction of sp³-hybridized carbons (Fsp3) is 1.00. The van der Waals surface area contributed by atoms with E-state index in [9.17, 15) is 5.11 Å². The number of aliphatic hydroxyl groups excluding tert-OH is 1. The fourth-order valence-corrected chi connectivity index (χ4v) is 4.75. The van der Waals surface area contributed by atoms with E-state index in [2.05, 4.69) is 26.6 Å². The Morgan fingerprint density at radius 3 is 2.38 bits per heavy atom. The summed E-state index contributed by atoms with van der Waals surface area (Å²) in [5.74, 6) is 0.665. The molecule has 0 aliphatic heterocycles. The summed E-state index contributed by atoms with van der Waals surface area (Å²) >= 11 is 0. The highest BCUT2D eigenvalue weighted by molar-refractivity contribution is 6.78. The van der Waals surface area contributed by atoms with Crippen LogP contribution in [0.25, 0.3) is 0 Å². The molecule has 0 saturated heterocycles. The van der Waals surface area contributed by atoms with Crippen molar-refractivity contribution in [2.24, 2.45) is 5.92 Å². The van der Waals surface area contributed by atoms with Gasteiger partial charge in [-0.2, -0.15) is 0 Å². The zero-order chi connectivity index (χ0) is 10.1. The molecule has 78 valence electrons. The van der Waals surface area contributed by atoms with E-state index < -0.39 is 8.07 Å². The van der Waals surface area contributed by atoms with E-state index >= 15 is 0 Å². The Morgan fingerprint density at radius 2 is 2.00 bits per heavy atom. The molecule has 0 spiro atoms. The van der Waals surface area contributed by atoms with Crippen molar-refractivity contribution >= 4 is 8.07 Å². The van der Waals surface area contributed by atoms with Gasteiger partial charge in [0.15, 0.2) is 0 Å². The molecule has 1 aliphatic carbocycles. The van der Waals surface area contributed by atoms with Crippen molar-refractivity contribution in [2.75, 3.05) is 0 Å². The molecule has 2 heteroatoms. The van der Waals surface area contributed by atoms with Gasteiger partial charge in [-0.05, 0) is 24.3 Å². The summed E-state index contributed by atoms with van der Waals surface area (Å²) < 4.78 is 0. The van der Waals surface area contributed by atoms with Crippen molar-refractivity contribution in [2.45, 2.75) is 63.9 Å². The van der Waals surface area contributed by atoms with E-state index in [0.29, 0.717) is 5.92 Å². The Kier molecular flexibility index (Phi) is 3.58. The number of rotatable bonds is 5. The maximum atomic E-state index is 9.88. The summed E-state index contributed by atoms with van der Waals surface area (Å²) in [6, 6.07) is 0. The molecule has 2 unspecified atom stereocenters. The molecule has 3 atom stereocenters. The molecule has 0 bridgehead atoms. The Labute approximate surface area is 83.6 Å². The summed E-state index contributed by atoms with van der Waals surface area (Å²) in [4.78, 5) is 0. The molecule has 0 aromatic carbocycles. The van der Waals surface area contributed by atoms with Crippen LogP contribution in [0.15, 0.2) is 0 Å². The molecule has 0 radical (unpaired) electrons. The Morgan fingerprint density at radius 1 is 1.38 bits per heavy atom. The number of hydrogen-bond acceptors (Lipinski definition) is 1. The third-order valence-corrected chi connectivity index (χ3v) is 6.19. The van der Waals surface area contributed by atoms with Gasteiger partial charge < -0.3 is 5.11 Å². The lowest BCUT2D eigenvalue weighted by Crippen LogP contribution is -2.23. The maximum Gasteiger partial charge on any atom is 0.0568 e. The summed E-state index contributed by atoms with van der Waals surface area (Å²) in [6.45, 7) is 9.45. The van der Waals surface area contributed by atoms with Crippen molar-refractivity contribution in [1.29, 1.82) is 0 Å². The third kappa shape index (κ3) is 3.10. The van der Waals surface area contributed by atoms with Crippen LogP contribution in [0.5, 0.6) is 0 Å². The molecule has 1 fully saturated rings. The SMILES string of the molecule is CCCC[C@H](O)C1CC1[Si](C)(C)C.